The molecule has 0 unspecified atom stereocenters. The van der Waals surface area contributed by atoms with E-state index in [1.807, 2.05) is 13.8 Å². The molecule has 0 aliphatic carbocycles. The Hall–Kier alpha value is -2.04. The first kappa shape index (κ1) is 13.0. The predicted molar refractivity (Wildman–Crippen MR) is 60.6 cm³/mol. The van der Waals surface area contributed by atoms with Crippen LogP contribution in [-0.2, 0) is 0 Å². The molecule has 0 heterocycles. The van der Waals surface area contributed by atoms with Gasteiger partial charge < -0.3 is 15.3 Å². The fourth-order valence-electron chi connectivity index (χ4n) is 1.52. The van der Waals surface area contributed by atoms with Crippen LogP contribution in [-0.4, -0.2) is 27.4 Å². The molecular weight excluding hydrogens is 224 g/mol. The van der Waals surface area contributed by atoms with Crippen molar-refractivity contribution in [2.24, 2.45) is 5.92 Å². The molecule has 0 spiro atoms. The topological polar surface area (TPSA) is 94.8 Å². The van der Waals surface area contributed by atoms with Crippen LogP contribution >= 0.6 is 0 Å². The molecule has 5 heteroatoms. The summed E-state index contributed by atoms with van der Waals surface area (Å²) < 4.78 is 0. The van der Waals surface area contributed by atoms with E-state index in [-0.39, 0.29) is 24.2 Å². The Morgan fingerprint density at radius 2 is 1.88 bits per heavy atom. The maximum Gasteiger partial charge on any atom is 0.170 e. The molecule has 5 nitrogen and oxygen atoms in total. The SMILES string of the molecule is CC(C)CC(=O)c1c(O)cc(O)c(C=O)c1O. The number of aromatic hydroxyl groups is 3. The van der Waals surface area contributed by atoms with Crippen molar-refractivity contribution in [2.75, 3.05) is 0 Å². The molecule has 3 N–H and O–H groups in total. The van der Waals surface area contributed by atoms with Gasteiger partial charge in [0.15, 0.2) is 12.1 Å². The minimum atomic E-state index is -0.678. The highest BCUT2D eigenvalue weighted by Gasteiger charge is 2.22. The van der Waals surface area contributed by atoms with E-state index in [0.29, 0.717) is 0 Å². The second-order valence-electron chi connectivity index (χ2n) is 4.19. The highest BCUT2D eigenvalue weighted by Crippen LogP contribution is 2.37. The molecule has 0 radical (unpaired) electrons. The molecule has 0 amide bonds. The number of hydrogen-bond acceptors (Lipinski definition) is 5. The summed E-state index contributed by atoms with van der Waals surface area (Å²) in [7, 11) is 0. The Bertz CT molecular complexity index is 462. The first-order valence-electron chi connectivity index (χ1n) is 5.14. The largest absolute Gasteiger partial charge is 0.507 e. The molecule has 1 rings (SSSR count). The maximum atomic E-state index is 11.8. The van der Waals surface area contributed by atoms with Crippen LogP contribution in [0.5, 0.6) is 17.2 Å². The van der Waals surface area contributed by atoms with Crippen molar-refractivity contribution in [3.05, 3.63) is 17.2 Å². The normalized spacial score (nSPS) is 10.5. The van der Waals surface area contributed by atoms with Gasteiger partial charge in [-0.05, 0) is 5.92 Å². The second-order valence-corrected chi connectivity index (χ2v) is 4.19. The smallest absolute Gasteiger partial charge is 0.170 e. The first-order valence-corrected chi connectivity index (χ1v) is 5.14. The Kier molecular flexibility index (Phi) is 3.73. The molecular formula is C12H14O5. The number of benzene rings is 1. The summed E-state index contributed by atoms with van der Waals surface area (Å²) >= 11 is 0. The van der Waals surface area contributed by atoms with Crippen LogP contribution in [0.2, 0.25) is 0 Å². The van der Waals surface area contributed by atoms with Gasteiger partial charge >= 0.3 is 0 Å². The van der Waals surface area contributed by atoms with Gasteiger partial charge in [0.2, 0.25) is 0 Å². The van der Waals surface area contributed by atoms with Gasteiger partial charge in [0.05, 0.1) is 5.56 Å². The predicted octanol–water partition coefficient (Wildman–Crippen LogP) is 1.84. The number of Topliss-reactive ketones (excluding diaryl/α,β-unsaturated/α-hetero) is 1. The van der Waals surface area contributed by atoms with Crippen LogP contribution in [0.25, 0.3) is 0 Å². The first-order chi connectivity index (χ1) is 7.88. The third-order valence-corrected chi connectivity index (χ3v) is 2.29. The molecule has 0 saturated heterocycles. The number of carbonyl (C=O) groups excluding carboxylic acids is 2. The van der Waals surface area contributed by atoms with E-state index in [0.717, 1.165) is 6.07 Å². The molecule has 17 heavy (non-hydrogen) atoms. The number of phenols is 3. The minimum Gasteiger partial charge on any atom is -0.507 e. The summed E-state index contributed by atoms with van der Waals surface area (Å²) in [6, 6.07) is 0.872. The Labute approximate surface area is 98.3 Å². The number of ketones is 1. The Morgan fingerprint density at radius 1 is 1.29 bits per heavy atom. The highest BCUT2D eigenvalue weighted by molar-refractivity contribution is 6.04. The molecule has 0 fully saturated rings. The lowest BCUT2D eigenvalue weighted by Gasteiger charge is -2.10. The fraction of sp³-hybridized carbons (Fsp3) is 0.333. The fourth-order valence-corrected chi connectivity index (χ4v) is 1.52. The van der Waals surface area contributed by atoms with Crippen LogP contribution < -0.4 is 0 Å². The molecule has 1 aromatic carbocycles. The van der Waals surface area contributed by atoms with Crippen molar-refractivity contribution < 1.29 is 24.9 Å². The average molecular weight is 238 g/mol. The number of carbonyl (C=O) groups is 2. The summed E-state index contributed by atoms with van der Waals surface area (Å²) in [5.74, 6) is -2.19. The van der Waals surface area contributed by atoms with Crippen LogP contribution in [0, 0.1) is 5.92 Å². The van der Waals surface area contributed by atoms with Gasteiger partial charge in [-0.2, -0.15) is 0 Å². The second kappa shape index (κ2) is 4.86. The van der Waals surface area contributed by atoms with Gasteiger partial charge in [0.1, 0.15) is 22.8 Å². The van der Waals surface area contributed by atoms with E-state index in [9.17, 15) is 24.9 Å². The Balaban J connectivity index is 3.33. The minimum absolute atomic E-state index is 0.0507. The van der Waals surface area contributed by atoms with Gasteiger partial charge in [0.25, 0.3) is 0 Å². The van der Waals surface area contributed by atoms with Crippen LogP contribution in [0.4, 0.5) is 0 Å². The molecule has 0 aliphatic heterocycles. The summed E-state index contributed by atoms with van der Waals surface area (Å²) in [6.45, 7) is 3.63. The number of aldehydes is 1. The van der Waals surface area contributed by atoms with Crippen molar-refractivity contribution in [3.8, 4) is 17.2 Å². The zero-order valence-electron chi connectivity index (χ0n) is 9.60. The lowest BCUT2D eigenvalue weighted by atomic mass is 9.97. The van der Waals surface area contributed by atoms with E-state index in [1.54, 1.807) is 0 Å². The lowest BCUT2D eigenvalue weighted by molar-refractivity contribution is 0.0962. The zero-order chi connectivity index (χ0) is 13.2. The molecule has 0 bridgehead atoms. The van der Waals surface area contributed by atoms with E-state index in [1.165, 1.54) is 0 Å². The van der Waals surface area contributed by atoms with Crippen LogP contribution in [0.1, 0.15) is 41.0 Å². The Morgan fingerprint density at radius 3 is 2.35 bits per heavy atom. The van der Waals surface area contributed by atoms with Crippen molar-refractivity contribution in [2.45, 2.75) is 20.3 Å². The van der Waals surface area contributed by atoms with E-state index < -0.39 is 28.6 Å². The molecule has 0 aliphatic rings. The van der Waals surface area contributed by atoms with Crippen LogP contribution in [0.15, 0.2) is 6.07 Å². The third-order valence-electron chi connectivity index (χ3n) is 2.29. The molecule has 92 valence electrons. The van der Waals surface area contributed by atoms with E-state index in [2.05, 4.69) is 0 Å². The number of hydrogen-bond donors (Lipinski definition) is 3. The quantitative estimate of drug-likeness (QED) is 0.549. The third kappa shape index (κ3) is 2.55. The van der Waals surface area contributed by atoms with Crippen molar-refractivity contribution in [1.29, 1.82) is 0 Å². The molecule has 0 saturated carbocycles. The van der Waals surface area contributed by atoms with Crippen LogP contribution in [0.3, 0.4) is 0 Å². The molecule has 0 aromatic heterocycles. The van der Waals surface area contributed by atoms with Gasteiger partial charge in [-0.3, -0.25) is 9.59 Å². The van der Waals surface area contributed by atoms with E-state index >= 15 is 0 Å². The average Bonchev–Trinajstić information content (AvgIpc) is 2.15. The van der Waals surface area contributed by atoms with Crippen molar-refractivity contribution in [1.82, 2.24) is 0 Å². The van der Waals surface area contributed by atoms with Gasteiger partial charge in [-0.25, -0.2) is 0 Å². The standard InChI is InChI=1S/C12H14O5/c1-6(2)3-9(15)11-10(16)4-8(14)7(5-13)12(11)17/h4-6,14,16-17H,3H2,1-2H3. The monoisotopic (exact) mass is 238 g/mol. The van der Waals surface area contributed by atoms with Gasteiger partial charge in [-0.15, -0.1) is 0 Å². The highest BCUT2D eigenvalue weighted by atomic mass is 16.3. The lowest BCUT2D eigenvalue weighted by Crippen LogP contribution is -2.05. The van der Waals surface area contributed by atoms with E-state index in [4.69, 9.17) is 0 Å². The molecule has 1 aromatic rings. The van der Waals surface area contributed by atoms with Crippen molar-refractivity contribution in [3.63, 3.8) is 0 Å². The summed E-state index contributed by atoms with van der Waals surface area (Å²) in [4.78, 5) is 22.4. The number of rotatable bonds is 4. The summed E-state index contributed by atoms with van der Waals surface area (Å²) in [5, 5.41) is 28.5. The van der Waals surface area contributed by atoms with Crippen molar-refractivity contribution >= 4 is 12.1 Å². The molecule has 0 atom stereocenters. The zero-order valence-corrected chi connectivity index (χ0v) is 9.60. The maximum absolute atomic E-state index is 11.8. The summed E-state index contributed by atoms with van der Waals surface area (Å²) in [5.41, 5.74) is -0.714. The van der Waals surface area contributed by atoms with Gasteiger partial charge in [0, 0.05) is 12.5 Å². The number of phenolic OH excluding ortho intramolecular Hbond substituents is 3. The van der Waals surface area contributed by atoms with Gasteiger partial charge in [-0.1, -0.05) is 13.8 Å². The summed E-state index contributed by atoms with van der Waals surface area (Å²) in [6.07, 6.45) is 0.362.